The molecule has 1 unspecified atom stereocenters. The first kappa shape index (κ1) is 22.0. The maximum atomic E-state index is 13.1. The van der Waals surface area contributed by atoms with Gasteiger partial charge in [0, 0.05) is 24.3 Å². The van der Waals surface area contributed by atoms with Crippen LogP contribution in [0.4, 0.5) is 5.69 Å². The summed E-state index contributed by atoms with van der Waals surface area (Å²) in [6.07, 6.45) is 4.55. The molecule has 1 aliphatic rings. The summed E-state index contributed by atoms with van der Waals surface area (Å²) in [5, 5.41) is 3.04. The molecule has 1 fully saturated rings. The Morgan fingerprint density at radius 1 is 0.900 bits per heavy atom. The highest BCUT2D eigenvalue weighted by molar-refractivity contribution is 5.97. The quantitative estimate of drug-likeness (QED) is 0.722. The van der Waals surface area contributed by atoms with Crippen molar-refractivity contribution in [1.82, 2.24) is 9.80 Å². The first-order valence-electron chi connectivity index (χ1n) is 11.1. The number of likely N-dealkylation sites (tertiary alicyclic amines) is 1. The lowest BCUT2D eigenvalue weighted by atomic mass is 10.0. The lowest BCUT2D eigenvalue weighted by molar-refractivity contribution is -0.121. The average Bonchev–Trinajstić information content (AvgIpc) is 3.07. The summed E-state index contributed by atoms with van der Waals surface area (Å²) in [4.78, 5) is 30.0. The molecule has 2 aromatic rings. The van der Waals surface area contributed by atoms with Gasteiger partial charge in [-0.1, -0.05) is 57.0 Å². The smallest absolute Gasteiger partial charge is 0.253 e. The third-order valence-electron chi connectivity index (χ3n) is 5.83. The van der Waals surface area contributed by atoms with Gasteiger partial charge in [-0.25, -0.2) is 0 Å². The standard InChI is InChI=1S/C25H33N3O2/c1-3-27(4-2)23(20-12-8-7-9-13-20)24(29)26-22-16-14-21(15-17-22)25(30)28-18-10-5-6-11-19-28/h7-9,12-17,23H,3-6,10-11,18-19H2,1-2H3,(H,26,29). The van der Waals surface area contributed by atoms with E-state index in [4.69, 9.17) is 0 Å². The van der Waals surface area contributed by atoms with Crippen molar-refractivity contribution in [3.05, 3.63) is 65.7 Å². The molecule has 0 saturated carbocycles. The van der Waals surface area contributed by atoms with Crippen LogP contribution in [0.15, 0.2) is 54.6 Å². The van der Waals surface area contributed by atoms with Gasteiger partial charge in [0.25, 0.3) is 5.91 Å². The molecule has 3 rings (SSSR count). The maximum absolute atomic E-state index is 13.1. The Morgan fingerprint density at radius 2 is 1.50 bits per heavy atom. The lowest BCUT2D eigenvalue weighted by Gasteiger charge is -2.29. The third kappa shape index (κ3) is 5.48. The Balaban J connectivity index is 1.71. The minimum atomic E-state index is -0.348. The number of anilines is 1. The SMILES string of the molecule is CCN(CC)C(C(=O)Nc1ccc(C(=O)N2CCCCCC2)cc1)c1ccccc1. The van der Waals surface area contributed by atoms with Crippen LogP contribution in [-0.2, 0) is 4.79 Å². The Bertz CT molecular complexity index is 808. The summed E-state index contributed by atoms with van der Waals surface area (Å²) < 4.78 is 0. The van der Waals surface area contributed by atoms with Crippen LogP contribution in [0, 0.1) is 0 Å². The van der Waals surface area contributed by atoms with Crippen molar-refractivity contribution in [2.75, 3.05) is 31.5 Å². The molecule has 0 aromatic heterocycles. The molecule has 1 atom stereocenters. The number of nitrogens with one attached hydrogen (secondary N) is 1. The molecule has 0 bridgehead atoms. The molecule has 0 radical (unpaired) electrons. The molecule has 1 N–H and O–H groups in total. The van der Waals surface area contributed by atoms with E-state index in [0.717, 1.165) is 44.6 Å². The van der Waals surface area contributed by atoms with E-state index in [-0.39, 0.29) is 17.9 Å². The van der Waals surface area contributed by atoms with E-state index >= 15 is 0 Å². The van der Waals surface area contributed by atoms with Crippen LogP contribution in [0.25, 0.3) is 0 Å². The van der Waals surface area contributed by atoms with Crippen LogP contribution in [-0.4, -0.2) is 47.8 Å². The summed E-state index contributed by atoms with van der Waals surface area (Å²) in [5.41, 5.74) is 2.37. The van der Waals surface area contributed by atoms with Crippen LogP contribution in [0.2, 0.25) is 0 Å². The number of benzene rings is 2. The van der Waals surface area contributed by atoms with Gasteiger partial charge >= 0.3 is 0 Å². The highest BCUT2D eigenvalue weighted by Gasteiger charge is 2.26. The number of rotatable bonds is 7. The minimum absolute atomic E-state index is 0.0588. The van der Waals surface area contributed by atoms with E-state index in [1.807, 2.05) is 59.5 Å². The summed E-state index contributed by atoms with van der Waals surface area (Å²) >= 11 is 0. The number of hydrogen-bond donors (Lipinski definition) is 1. The van der Waals surface area contributed by atoms with Gasteiger partial charge in [0.1, 0.15) is 6.04 Å². The fourth-order valence-corrected chi connectivity index (χ4v) is 4.12. The van der Waals surface area contributed by atoms with E-state index in [9.17, 15) is 9.59 Å². The van der Waals surface area contributed by atoms with Gasteiger partial charge in [0.2, 0.25) is 5.91 Å². The molecule has 0 aliphatic carbocycles. The van der Waals surface area contributed by atoms with E-state index in [2.05, 4.69) is 24.1 Å². The predicted octanol–water partition coefficient (Wildman–Crippen LogP) is 4.72. The van der Waals surface area contributed by atoms with Crippen LogP contribution in [0.1, 0.15) is 61.5 Å². The van der Waals surface area contributed by atoms with Crippen LogP contribution in [0.3, 0.4) is 0 Å². The maximum Gasteiger partial charge on any atom is 0.253 e. The van der Waals surface area contributed by atoms with Crippen LogP contribution >= 0.6 is 0 Å². The van der Waals surface area contributed by atoms with Crippen molar-refractivity contribution in [2.24, 2.45) is 0 Å². The molecule has 1 heterocycles. The molecule has 30 heavy (non-hydrogen) atoms. The molecule has 2 aromatic carbocycles. The third-order valence-corrected chi connectivity index (χ3v) is 5.83. The number of hydrogen-bond acceptors (Lipinski definition) is 3. The summed E-state index contributed by atoms with van der Waals surface area (Å²) in [6, 6.07) is 16.8. The van der Waals surface area contributed by atoms with E-state index in [0.29, 0.717) is 11.3 Å². The molecule has 5 nitrogen and oxygen atoms in total. The van der Waals surface area contributed by atoms with Crippen molar-refractivity contribution in [2.45, 2.75) is 45.6 Å². The van der Waals surface area contributed by atoms with Gasteiger partial charge < -0.3 is 10.2 Å². The zero-order valence-corrected chi connectivity index (χ0v) is 18.1. The topological polar surface area (TPSA) is 52.7 Å². The predicted molar refractivity (Wildman–Crippen MR) is 122 cm³/mol. The van der Waals surface area contributed by atoms with Gasteiger partial charge in [-0.15, -0.1) is 0 Å². The first-order chi connectivity index (χ1) is 14.6. The van der Waals surface area contributed by atoms with Gasteiger partial charge in [-0.05, 0) is 55.8 Å². The number of nitrogens with zero attached hydrogens (tertiary/aromatic N) is 2. The van der Waals surface area contributed by atoms with Crippen LogP contribution in [0.5, 0.6) is 0 Å². The fraction of sp³-hybridized carbons (Fsp3) is 0.440. The Morgan fingerprint density at radius 3 is 2.07 bits per heavy atom. The van der Waals surface area contributed by atoms with Gasteiger partial charge in [-0.2, -0.15) is 0 Å². The monoisotopic (exact) mass is 407 g/mol. The second kappa shape index (κ2) is 10.9. The van der Waals surface area contributed by atoms with Crippen molar-refractivity contribution in [3.8, 4) is 0 Å². The first-order valence-corrected chi connectivity index (χ1v) is 11.1. The molecular formula is C25H33N3O2. The van der Waals surface area contributed by atoms with Crippen molar-refractivity contribution in [3.63, 3.8) is 0 Å². The van der Waals surface area contributed by atoms with E-state index in [1.54, 1.807) is 0 Å². The fourth-order valence-electron chi connectivity index (χ4n) is 4.12. The van der Waals surface area contributed by atoms with Gasteiger partial charge in [-0.3, -0.25) is 14.5 Å². The largest absolute Gasteiger partial charge is 0.339 e. The van der Waals surface area contributed by atoms with Gasteiger partial charge in [0.15, 0.2) is 0 Å². The van der Waals surface area contributed by atoms with Gasteiger partial charge in [0.05, 0.1) is 0 Å². The van der Waals surface area contributed by atoms with E-state index in [1.165, 1.54) is 12.8 Å². The molecular weight excluding hydrogens is 374 g/mol. The molecule has 2 amide bonds. The Labute approximate surface area is 180 Å². The molecule has 1 saturated heterocycles. The highest BCUT2D eigenvalue weighted by Crippen LogP contribution is 2.23. The molecule has 0 spiro atoms. The van der Waals surface area contributed by atoms with Crippen molar-refractivity contribution >= 4 is 17.5 Å². The summed E-state index contributed by atoms with van der Waals surface area (Å²) in [5.74, 6) is 0.0246. The summed E-state index contributed by atoms with van der Waals surface area (Å²) in [7, 11) is 0. The van der Waals surface area contributed by atoms with Crippen LogP contribution < -0.4 is 5.32 Å². The van der Waals surface area contributed by atoms with E-state index < -0.39 is 0 Å². The summed E-state index contributed by atoms with van der Waals surface area (Å²) in [6.45, 7) is 7.37. The molecule has 160 valence electrons. The number of carbonyl (C=O) groups is 2. The van der Waals surface area contributed by atoms with Crippen molar-refractivity contribution < 1.29 is 9.59 Å². The lowest BCUT2D eigenvalue weighted by Crippen LogP contribution is -2.37. The normalized spacial score (nSPS) is 15.5. The second-order valence-corrected chi connectivity index (χ2v) is 7.81. The minimum Gasteiger partial charge on any atom is -0.339 e. The zero-order valence-electron chi connectivity index (χ0n) is 18.1. The Kier molecular flexibility index (Phi) is 8.03. The molecule has 5 heteroatoms. The number of carbonyl (C=O) groups excluding carboxylic acids is 2. The highest BCUT2D eigenvalue weighted by atomic mass is 16.2. The average molecular weight is 408 g/mol. The zero-order chi connectivity index (χ0) is 21.3. The Hall–Kier alpha value is -2.66. The number of likely N-dealkylation sites (N-methyl/N-ethyl adjacent to an activating group) is 1. The molecule has 1 aliphatic heterocycles. The second-order valence-electron chi connectivity index (χ2n) is 7.81. The van der Waals surface area contributed by atoms with Crippen molar-refractivity contribution in [1.29, 1.82) is 0 Å². The number of amides is 2.